The van der Waals surface area contributed by atoms with Crippen LogP contribution in [0.15, 0.2) is 0 Å². The molecular formula is C17H29NO6S. The van der Waals surface area contributed by atoms with Crippen molar-refractivity contribution >= 4 is 34.7 Å². The molecule has 25 heavy (non-hydrogen) atoms. The summed E-state index contributed by atoms with van der Waals surface area (Å²) in [5.41, 5.74) is -0.673. The molecule has 0 aliphatic heterocycles. The first kappa shape index (κ1) is 23.4. The number of rotatable bonds is 8. The highest BCUT2D eigenvalue weighted by Crippen LogP contribution is 2.17. The third-order valence-corrected chi connectivity index (χ3v) is 4.26. The second kappa shape index (κ2) is 10.4. The Hall–Kier alpha value is -1.57. The van der Waals surface area contributed by atoms with E-state index in [0.29, 0.717) is 5.75 Å². The lowest BCUT2D eigenvalue weighted by molar-refractivity contribution is -0.161. The van der Waals surface area contributed by atoms with Crippen LogP contribution in [0.5, 0.6) is 0 Å². The van der Waals surface area contributed by atoms with E-state index in [0.717, 1.165) is 11.8 Å². The fourth-order valence-corrected chi connectivity index (χ4v) is 2.62. The predicted octanol–water partition coefficient (Wildman–Crippen LogP) is 2.02. The third kappa shape index (κ3) is 10.1. The van der Waals surface area contributed by atoms with Crippen LogP contribution in [0.25, 0.3) is 0 Å². The topological polar surface area (TPSA) is 90.0 Å². The van der Waals surface area contributed by atoms with E-state index >= 15 is 0 Å². The highest BCUT2D eigenvalue weighted by molar-refractivity contribution is 8.13. The van der Waals surface area contributed by atoms with E-state index in [2.05, 4.69) is 4.74 Å². The first-order valence-corrected chi connectivity index (χ1v) is 9.08. The number of esters is 2. The molecule has 0 saturated heterocycles. The van der Waals surface area contributed by atoms with Gasteiger partial charge in [-0.15, -0.1) is 0 Å². The molecule has 7 nitrogen and oxygen atoms in total. The molecule has 0 fully saturated rings. The van der Waals surface area contributed by atoms with Crippen LogP contribution >= 0.6 is 11.8 Å². The maximum atomic E-state index is 12.7. The van der Waals surface area contributed by atoms with Gasteiger partial charge in [0, 0.05) is 24.6 Å². The Morgan fingerprint density at radius 3 is 2.08 bits per heavy atom. The highest BCUT2D eigenvalue weighted by Gasteiger charge is 2.30. The number of methoxy groups -OCH3 is 1. The molecule has 0 bridgehead atoms. The van der Waals surface area contributed by atoms with Gasteiger partial charge in [0.2, 0.25) is 5.91 Å². The number of amides is 1. The van der Waals surface area contributed by atoms with Gasteiger partial charge in [0.05, 0.1) is 13.5 Å². The average molecular weight is 375 g/mol. The molecule has 0 rings (SSSR count). The van der Waals surface area contributed by atoms with Gasteiger partial charge in [-0.25, -0.2) is 0 Å². The molecule has 0 radical (unpaired) electrons. The summed E-state index contributed by atoms with van der Waals surface area (Å²) in [6.45, 7) is 9.74. The van der Waals surface area contributed by atoms with Crippen molar-refractivity contribution in [2.45, 2.75) is 59.6 Å². The molecule has 0 spiro atoms. The number of nitrogens with zero attached hydrogens (tertiary/aromatic N) is 1. The van der Waals surface area contributed by atoms with E-state index in [1.54, 1.807) is 34.6 Å². The predicted molar refractivity (Wildman–Crippen MR) is 96.0 cm³/mol. The normalized spacial score (nSPS) is 13.6. The van der Waals surface area contributed by atoms with Crippen molar-refractivity contribution in [3.05, 3.63) is 0 Å². The summed E-state index contributed by atoms with van der Waals surface area (Å²) in [6.07, 6.45) is -0.0301. The lowest BCUT2D eigenvalue weighted by Gasteiger charge is -2.31. The van der Waals surface area contributed by atoms with Crippen molar-refractivity contribution in [2.75, 3.05) is 19.4 Å². The van der Waals surface area contributed by atoms with Gasteiger partial charge in [-0.1, -0.05) is 18.7 Å². The van der Waals surface area contributed by atoms with Gasteiger partial charge in [-0.05, 0) is 27.7 Å². The third-order valence-electron chi connectivity index (χ3n) is 3.18. The lowest BCUT2D eigenvalue weighted by Crippen LogP contribution is -2.47. The summed E-state index contributed by atoms with van der Waals surface area (Å²) in [5, 5.41) is -0.0825. The zero-order valence-electron chi connectivity index (χ0n) is 16.1. The number of hydrogen-bond donors (Lipinski definition) is 0. The molecule has 0 aliphatic rings. The van der Waals surface area contributed by atoms with Gasteiger partial charge in [0.15, 0.2) is 5.12 Å². The van der Waals surface area contributed by atoms with E-state index < -0.39 is 29.5 Å². The minimum Gasteiger partial charge on any atom is -0.469 e. The number of carbonyl (C=O) groups excluding carboxylic acids is 4. The minimum absolute atomic E-state index is 0.0301. The van der Waals surface area contributed by atoms with Crippen LogP contribution in [0.4, 0.5) is 0 Å². The molecule has 8 heteroatoms. The fraction of sp³-hybridized carbons (Fsp3) is 0.765. The summed E-state index contributed by atoms with van der Waals surface area (Å²) in [6, 6.07) is -0.530. The smallest absolute Gasteiger partial charge is 0.326 e. The Labute approximate surface area is 153 Å². The summed E-state index contributed by atoms with van der Waals surface area (Å²) in [5.74, 6) is -1.50. The fourth-order valence-electron chi connectivity index (χ4n) is 2.00. The SMILES string of the molecule is COC(=O)C[C@@H](C)N(CC(=O)OC(C)(C)C)C(=O)[C@H](C)CSC(C)=O. The largest absolute Gasteiger partial charge is 0.469 e. The van der Waals surface area contributed by atoms with Crippen molar-refractivity contribution in [3.63, 3.8) is 0 Å². The molecular weight excluding hydrogens is 346 g/mol. The van der Waals surface area contributed by atoms with Crippen LogP contribution in [0, 0.1) is 5.92 Å². The van der Waals surface area contributed by atoms with Crippen molar-refractivity contribution in [2.24, 2.45) is 5.92 Å². The van der Waals surface area contributed by atoms with Gasteiger partial charge in [0.1, 0.15) is 12.1 Å². The van der Waals surface area contributed by atoms with Crippen LogP contribution in [-0.2, 0) is 28.7 Å². The average Bonchev–Trinajstić information content (AvgIpc) is 2.47. The molecule has 0 saturated carbocycles. The minimum atomic E-state index is -0.673. The van der Waals surface area contributed by atoms with Crippen molar-refractivity contribution in [1.29, 1.82) is 0 Å². The Balaban J connectivity index is 5.16. The summed E-state index contributed by atoms with van der Waals surface area (Å²) in [4.78, 5) is 48.8. The zero-order valence-corrected chi connectivity index (χ0v) is 16.9. The van der Waals surface area contributed by atoms with Crippen LogP contribution in [0.2, 0.25) is 0 Å². The standard InChI is InChI=1S/C17H29NO6S/c1-11(10-25-13(3)19)16(22)18(12(2)8-14(20)23-7)9-15(21)24-17(4,5)6/h11-12H,8-10H2,1-7H3/t11-,12-/m1/s1. The van der Waals surface area contributed by atoms with Crippen molar-refractivity contribution in [1.82, 2.24) is 4.90 Å². The quantitative estimate of drug-likeness (QED) is 0.600. The van der Waals surface area contributed by atoms with Gasteiger partial charge in [0.25, 0.3) is 0 Å². The van der Waals surface area contributed by atoms with Gasteiger partial charge in [-0.3, -0.25) is 19.2 Å². The van der Waals surface area contributed by atoms with E-state index in [1.807, 2.05) is 0 Å². The van der Waals surface area contributed by atoms with Gasteiger partial charge < -0.3 is 14.4 Å². The second-order valence-electron chi connectivity index (χ2n) is 6.89. The molecule has 0 aromatic heterocycles. The van der Waals surface area contributed by atoms with Crippen LogP contribution in [0.3, 0.4) is 0 Å². The first-order chi connectivity index (χ1) is 11.4. The maximum absolute atomic E-state index is 12.7. The van der Waals surface area contributed by atoms with Gasteiger partial charge >= 0.3 is 11.9 Å². The van der Waals surface area contributed by atoms with E-state index in [1.165, 1.54) is 18.9 Å². The van der Waals surface area contributed by atoms with Crippen molar-refractivity contribution < 1.29 is 28.7 Å². The Kier molecular flexibility index (Phi) is 9.77. The maximum Gasteiger partial charge on any atom is 0.326 e. The van der Waals surface area contributed by atoms with Crippen molar-refractivity contribution in [3.8, 4) is 0 Å². The molecule has 0 N–H and O–H groups in total. The van der Waals surface area contributed by atoms with E-state index in [9.17, 15) is 19.2 Å². The van der Waals surface area contributed by atoms with E-state index in [-0.39, 0.29) is 24.0 Å². The molecule has 0 heterocycles. The Morgan fingerprint density at radius 2 is 1.64 bits per heavy atom. The first-order valence-electron chi connectivity index (χ1n) is 8.09. The molecule has 0 aliphatic carbocycles. The summed E-state index contributed by atoms with van der Waals surface area (Å²) >= 11 is 1.05. The summed E-state index contributed by atoms with van der Waals surface area (Å²) in [7, 11) is 1.27. The van der Waals surface area contributed by atoms with E-state index in [4.69, 9.17) is 4.74 Å². The number of carbonyl (C=O) groups is 4. The molecule has 144 valence electrons. The lowest BCUT2D eigenvalue weighted by atomic mass is 10.1. The van der Waals surface area contributed by atoms with Gasteiger partial charge in [-0.2, -0.15) is 0 Å². The summed E-state index contributed by atoms with van der Waals surface area (Å²) < 4.78 is 9.90. The molecule has 2 atom stereocenters. The number of ether oxygens (including phenoxy) is 2. The number of hydrogen-bond acceptors (Lipinski definition) is 7. The molecule has 1 amide bonds. The van der Waals surface area contributed by atoms with Crippen LogP contribution < -0.4 is 0 Å². The monoisotopic (exact) mass is 375 g/mol. The second-order valence-corrected chi connectivity index (χ2v) is 8.08. The van der Waals surface area contributed by atoms with Crippen LogP contribution in [-0.4, -0.2) is 58.9 Å². The van der Waals surface area contributed by atoms with Crippen LogP contribution in [0.1, 0.15) is 48.0 Å². The highest BCUT2D eigenvalue weighted by atomic mass is 32.2. The Bertz CT molecular complexity index is 500. The molecule has 0 unspecified atom stereocenters. The molecule has 0 aromatic rings. The molecule has 0 aromatic carbocycles. The number of thioether (sulfide) groups is 1. The Morgan fingerprint density at radius 1 is 1.08 bits per heavy atom. The zero-order chi connectivity index (χ0) is 19.8.